The van der Waals surface area contributed by atoms with Crippen LogP contribution in [0.2, 0.25) is 0 Å². The predicted octanol–water partition coefficient (Wildman–Crippen LogP) is 3.48. The third-order valence-corrected chi connectivity index (χ3v) is 4.67. The van der Waals surface area contributed by atoms with Crippen LogP contribution in [0, 0.1) is 5.41 Å². The standard InChI is InChI=1S/C18H21NO/c1-17(2)12-13-8-4-5-9-14(13)18(17,19)15-10-6-7-11-16(15)20-3/h4-11H,12,19H2,1-3H3. The van der Waals surface area contributed by atoms with Gasteiger partial charge in [-0.05, 0) is 29.0 Å². The summed E-state index contributed by atoms with van der Waals surface area (Å²) in [6, 6.07) is 16.6. The average molecular weight is 267 g/mol. The van der Waals surface area contributed by atoms with Crippen molar-refractivity contribution in [3.05, 3.63) is 65.2 Å². The van der Waals surface area contributed by atoms with Crippen molar-refractivity contribution in [2.75, 3.05) is 7.11 Å². The number of nitrogens with two attached hydrogens (primary N) is 1. The Kier molecular flexibility index (Phi) is 2.87. The van der Waals surface area contributed by atoms with Gasteiger partial charge in [0.25, 0.3) is 0 Å². The monoisotopic (exact) mass is 267 g/mol. The van der Waals surface area contributed by atoms with E-state index in [1.807, 2.05) is 18.2 Å². The van der Waals surface area contributed by atoms with E-state index in [2.05, 4.69) is 44.2 Å². The van der Waals surface area contributed by atoms with Crippen LogP contribution in [0.3, 0.4) is 0 Å². The molecule has 1 atom stereocenters. The van der Waals surface area contributed by atoms with Crippen LogP contribution in [0.1, 0.15) is 30.5 Å². The van der Waals surface area contributed by atoms with E-state index in [-0.39, 0.29) is 5.41 Å². The van der Waals surface area contributed by atoms with Crippen molar-refractivity contribution in [2.45, 2.75) is 25.8 Å². The topological polar surface area (TPSA) is 35.2 Å². The van der Waals surface area contributed by atoms with Gasteiger partial charge in [-0.3, -0.25) is 0 Å². The molecule has 1 aliphatic carbocycles. The lowest BCUT2D eigenvalue weighted by molar-refractivity contribution is 0.227. The molecule has 0 saturated heterocycles. The van der Waals surface area contributed by atoms with Gasteiger partial charge in [0.2, 0.25) is 0 Å². The van der Waals surface area contributed by atoms with Crippen molar-refractivity contribution in [3.8, 4) is 5.75 Å². The number of para-hydroxylation sites is 1. The SMILES string of the molecule is COc1ccccc1C1(N)c2ccccc2CC1(C)C. The van der Waals surface area contributed by atoms with Crippen molar-refractivity contribution in [2.24, 2.45) is 11.1 Å². The third-order valence-electron chi connectivity index (χ3n) is 4.67. The van der Waals surface area contributed by atoms with Gasteiger partial charge in [0.15, 0.2) is 0 Å². The minimum absolute atomic E-state index is 0.0503. The molecule has 0 fully saturated rings. The van der Waals surface area contributed by atoms with E-state index in [1.54, 1.807) is 7.11 Å². The molecular formula is C18H21NO. The Balaban J connectivity index is 2.29. The highest BCUT2D eigenvalue weighted by atomic mass is 16.5. The summed E-state index contributed by atoms with van der Waals surface area (Å²) in [6.07, 6.45) is 0.984. The first kappa shape index (κ1) is 13.2. The molecule has 3 rings (SSSR count). The number of rotatable bonds is 2. The summed E-state index contributed by atoms with van der Waals surface area (Å²) in [7, 11) is 1.70. The molecule has 0 spiro atoms. The van der Waals surface area contributed by atoms with Gasteiger partial charge in [-0.25, -0.2) is 0 Å². The maximum atomic E-state index is 6.97. The Labute approximate surface area is 120 Å². The van der Waals surface area contributed by atoms with Gasteiger partial charge < -0.3 is 10.5 Å². The molecule has 2 heteroatoms. The molecule has 0 amide bonds. The largest absolute Gasteiger partial charge is 0.496 e. The van der Waals surface area contributed by atoms with Crippen LogP contribution >= 0.6 is 0 Å². The maximum absolute atomic E-state index is 6.97. The van der Waals surface area contributed by atoms with Gasteiger partial charge in [-0.1, -0.05) is 56.3 Å². The Morgan fingerprint density at radius 1 is 0.950 bits per heavy atom. The minimum Gasteiger partial charge on any atom is -0.496 e. The fraction of sp³-hybridized carbons (Fsp3) is 0.333. The molecule has 0 radical (unpaired) electrons. The number of hydrogen-bond donors (Lipinski definition) is 1. The van der Waals surface area contributed by atoms with Gasteiger partial charge in [0.1, 0.15) is 5.75 Å². The third kappa shape index (κ3) is 1.61. The Morgan fingerprint density at radius 2 is 1.55 bits per heavy atom. The van der Waals surface area contributed by atoms with Crippen molar-refractivity contribution >= 4 is 0 Å². The molecule has 2 nitrogen and oxygen atoms in total. The van der Waals surface area contributed by atoms with Crippen molar-refractivity contribution in [1.29, 1.82) is 0 Å². The lowest BCUT2D eigenvalue weighted by atomic mass is 9.69. The summed E-state index contributed by atoms with van der Waals surface area (Å²) >= 11 is 0. The molecule has 0 bridgehead atoms. The second kappa shape index (κ2) is 4.35. The highest BCUT2D eigenvalue weighted by molar-refractivity contribution is 5.54. The van der Waals surface area contributed by atoms with Crippen molar-refractivity contribution in [1.82, 2.24) is 0 Å². The predicted molar refractivity (Wildman–Crippen MR) is 81.9 cm³/mol. The molecule has 0 saturated carbocycles. The minimum atomic E-state index is -0.518. The molecule has 0 aliphatic heterocycles. The number of fused-ring (bicyclic) bond motifs is 1. The van der Waals surface area contributed by atoms with E-state index in [9.17, 15) is 0 Å². The molecule has 2 aromatic carbocycles. The lowest BCUT2D eigenvalue weighted by Gasteiger charge is -2.40. The van der Waals surface area contributed by atoms with Crippen LogP contribution in [-0.4, -0.2) is 7.11 Å². The molecule has 1 aliphatic rings. The molecule has 0 heterocycles. The number of ether oxygens (including phenoxy) is 1. The number of hydrogen-bond acceptors (Lipinski definition) is 2. The summed E-state index contributed by atoms with van der Waals surface area (Å²) in [6.45, 7) is 4.47. The Morgan fingerprint density at radius 3 is 2.25 bits per heavy atom. The summed E-state index contributed by atoms with van der Waals surface area (Å²) in [5.74, 6) is 0.861. The van der Waals surface area contributed by atoms with Gasteiger partial charge in [0.05, 0.1) is 12.6 Å². The van der Waals surface area contributed by atoms with Crippen LogP contribution in [0.4, 0.5) is 0 Å². The molecule has 1 unspecified atom stereocenters. The fourth-order valence-corrected chi connectivity index (χ4v) is 3.52. The Hall–Kier alpha value is -1.80. The van der Waals surface area contributed by atoms with Crippen LogP contribution in [0.5, 0.6) is 5.75 Å². The van der Waals surface area contributed by atoms with Crippen LogP contribution in [0.25, 0.3) is 0 Å². The number of methoxy groups -OCH3 is 1. The fourth-order valence-electron chi connectivity index (χ4n) is 3.52. The zero-order chi connectivity index (χ0) is 14.4. The average Bonchev–Trinajstić information content (AvgIpc) is 2.67. The summed E-state index contributed by atoms with van der Waals surface area (Å²) in [4.78, 5) is 0. The highest BCUT2D eigenvalue weighted by Gasteiger charge is 2.51. The second-order valence-electron chi connectivity index (χ2n) is 6.23. The van der Waals surface area contributed by atoms with E-state index in [0.29, 0.717) is 0 Å². The highest BCUT2D eigenvalue weighted by Crippen LogP contribution is 2.53. The molecule has 104 valence electrons. The van der Waals surface area contributed by atoms with E-state index < -0.39 is 5.54 Å². The number of benzene rings is 2. The van der Waals surface area contributed by atoms with E-state index in [4.69, 9.17) is 10.5 Å². The van der Waals surface area contributed by atoms with Crippen LogP contribution in [0.15, 0.2) is 48.5 Å². The first-order chi connectivity index (χ1) is 9.50. The molecule has 2 N–H and O–H groups in total. The van der Waals surface area contributed by atoms with Gasteiger partial charge in [0, 0.05) is 5.56 Å². The summed E-state index contributed by atoms with van der Waals surface area (Å²) < 4.78 is 5.55. The Bertz CT molecular complexity index is 647. The molecule has 2 aromatic rings. The van der Waals surface area contributed by atoms with E-state index in [1.165, 1.54) is 11.1 Å². The molecule has 20 heavy (non-hydrogen) atoms. The van der Waals surface area contributed by atoms with E-state index in [0.717, 1.165) is 17.7 Å². The zero-order valence-electron chi connectivity index (χ0n) is 12.3. The van der Waals surface area contributed by atoms with Crippen LogP contribution < -0.4 is 10.5 Å². The second-order valence-corrected chi connectivity index (χ2v) is 6.23. The van der Waals surface area contributed by atoms with Crippen molar-refractivity contribution < 1.29 is 4.74 Å². The first-order valence-electron chi connectivity index (χ1n) is 7.01. The lowest BCUT2D eigenvalue weighted by Crippen LogP contribution is -2.48. The first-order valence-corrected chi connectivity index (χ1v) is 7.01. The van der Waals surface area contributed by atoms with Crippen LogP contribution in [-0.2, 0) is 12.0 Å². The summed E-state index contributed by atoms with van der Waals surface area (Å²) in [5, 5.41) is 0. The van der Waals surface area contributed by atoms with Gasteiger partial charge >= 0.3 is 0 Å². The zero-order valence-corrected chi connectivity index (χ0v) is 12.3. The van der Waals surface area contributed by atoms with Gasteiger partial charge in [-0.15, -0.1) is 0 Å². The smallest absolute Gasteiger partial charge is 0.124 e. The van der Waals surface area contributed by atoms with Crippen molar-refractivity contribution in [3.63, 3.8) is 0 Å². The maximum Gasteiger partial charge on any atom is 0.124 e. The molecular weight excluding hydrogens is 246 g/mol. The summed E-state index contributed by atoms with van der Waals surface area (Å²) in [5.41, 5.74) is 10.0. The molecule has 0 aromatic heterocycles. The quantitative estimate of drug-likeness (QED) is 0.904. The van der Waals surface area contributed by atoms with E-state index >= 15 is 0 Å². The van der Waals surface area contributed by atoms with Gasteiger partial charge in [-0.2, -0.15) is 0 Å². The normalized spacial score (nSPS) is 23.4.